The average molecular weight is 328 g/mol. The van der Waals surface area contributed by atoms with Gasteiger partial charge < -0.3 is 14.8 Å². The highest BCUT2D eigenvalue weighted by atomic mass is 16.5. The molecule has 0 saturated heterocycles. The summed E-state index contributed by atoms with van der Waals surface area (Å²) < 4.78 is 11.4. The molecular formula is C20H28N2O2. The molecule has 1 atom stereocenters. The Morgan fingerprint density at radius 2 is 1.83 bits per heavy atom. The Kier molecular flexibility index (Phi) is 6.21. The molecule has 2 rings (SSSR count). The minimum atomic E-state index is -0.179. The molecule has 1 heterocycles. The SMILES string of the molecule is CCOc1ncccc1CN[C@H](C)c1ccc(OC(C)(C)C)cc1. The number of nitrogens with one attached hydrogen (secondary N) is 1. The summed E-state index contributed by atoms with van der Waals surface area (Å²) in [5, 5.41) is 3.52. The molecule has 0 aliphatic carbocycles. The van der Waals surface area contributed by atoms with Crippen LogP contribution in [0, 0.1) is 0 Å². The first-order chi connectivity index (χ1) is 11.4. The van der Waals surface area contributed by atoms with Gasteiger partial charge in [0.1, 0.15) is 11.4 Å². The minimum Gasteiger partial charge on any atom is -0.488 e. The molecule has 0 unspecified atom stereocenters. The lowest BCUT2D eigenvalue weighted by Crippen LogP contribution is -2.23. The van der Waals surface area contributed by atoms with Gasteiger partial charge in [-0.2, -0.15) is 0 Å². The van der Waals surface area contributed by atoms with E-state index in [0.29, 0.717) is 19.0 Å². The van der Waals surface area contributed by atoms with Crippen LogP contribution in [0.5, 0.6) is 11.6 Å². The van der Waals surface area contributed by atoms with Gasteiger partial charge in [-0.15, -0.1) is 0 Å². The van der Waals surface area contributed by atoms with Crippen molar-refractivity contribution in [3.63, 3.8) is 0 Å². The molecule has 0 amide bonds. The Morgan fingerprint density at radius 3 is 2.46 bits per heavy atom. The van der Waals surface area contributed by atoms with Crippen molar-refractivity contribution in [2.24, 2.45) is 0 Å². The van der Waals surface area contributed by atoms with Crippen LogP contribution >= 0.6 is 0 Å². The summed E-state index contributed by atoms with van der Waals surface area (Å²) in [5.74, 6) is 1.60. The second kappa shape index (κ2) is 8.15. The summed E-state index contributed by atoms with van der Waals surface area (Å²) >= 11 is 0. The van der Waals surface area contributed by atoms with Crippen molar-refractivity contribution in [2.75, 3.05) is 6.61 Å². The van der Waals surface area contributed by atoms with Crippen LogP contribution in [0.2, 0.25) is 0 Å². The zero-order valence-electron chi connectivity index (χ0n) is 15.3. The van der Waals surface area contributed by atoms with Crippen molar-refractivity contribution in [2.45, 2.75) is 52.8 Å². The molecular weight excluding hydrogens is 300 g/mol. The van der Waals surface area contributed by atoms with E-state index in [1.165, 1.54) is 5.56 Å². The molecule has 1 aromatic carbocycles. The fourth-order valence-electron chi connectivity index (χ4n) is 2.38. The van der Waals surface area contributed by atoms with Crippen molar-refractivity contribution in [1.29, 1.82) is 0 Å². The van der Waals surface area contributed by atoms with E-state index in [-0.39, 0.29) is 11.6 Å². The molecule has 0 aliphatic rings. The Bertz CT molecular complexity index is 633. The predicted octanol–water partition coefficient (Wildman–Crippen LogP) is 4.51. The fourth-order valence-corrected chi connectivity index (χ4v) is 2.38. The Hall–Kier alpha value is -2.07. The maximum Gasteiger partial charge on any atom is 0.217 e. The zero-order chi connectivity index (χ0) is 17.6. The minimum absolute atomic E-state index is 0.179. The van der Waals surface area contributed by atoms with Gasteiger partial charge in [0.25, 0.3) is 0 Å². The van der Waals surface area contributed by atoms with Gasteiger partial charge in [-0.3, -0.25) is 0 Å². The van der Waals surface area contributed by atoms with E-state index in [1.54, 1.807) is 6.20 Å². The number of nitrogens with zero attached hydrogens (tertiary/aromatic N) is 1. The van der Waals surface area contributed by atoms with Crippen LogP contribution in [-0.2, 0) is 6.54 Å². The first kappa shape index (κ1) is 18.3. The van der Waals surface area contributed by atoms with Crippen LogP contribution in [0.15, 0.2) is 42.6 Å². The molecule has 24 heavy (non-hydrogen) atoms. The molecule has 2 aromatic rings. The van der Waals surface area contributed by atoms with Crippen LogP contribution in [0.3, 0.4) is 0 Å². The highest BCUT2D eigenvalue weighted by Gasteiger charge is 2.12. The summed E-state index contributed by atoms with van der Waals surface area (Å²) in [6.07, 6.45) is 1.76. The summed E-state index contributed by atoms with van der Waals surface area (Å²) in [7, 11) is 0. The average Bonchev–Trinajstić information content (AvgIpc) is 2.53. The van der Waals surface area contributed by atoms with Crippen LogP contribution in [0.1, 0.15) is 51.8 Å². The third kappa shape index (κ3) is 5.53. The van der Waals surface area contributed by atoms with E-state index in [4.69, 9.17) is 9.47 Å². The molecule has 1 aromatic heterocycles. The topological polar surface area (TPSA) is 43.4 Å². The van der Waals surface area contributed by atoms with Crippen molar-refractivity contribution in [3.05, 3.63) is 53.7 Å². The van der Waals surface area contributed by atoms with Gasteiger partial charge in [0.15, 0.2) is 0 Å². The van der Waals surface area contributed by atoms with Gasteiger partial charge in [0, 0.05) is 24.3 Å². The van der Waals surface area contributed by atoms with E-state index >= 15 is 0 Å². The van der Waals surface area contributed by atoms with Gasteiger partial charge in [-0.05, 0) is 58.4 Å². The predicted molar refractivity (Wildman–Crippen MR) is 97.5 cm³/mol. The molecule has 0 radical (unpaired) electrons. The lowest BCUT2D eigenvalue weighted by Gasteiger charge is -2.22. The van der Waals surface area contributed by atoms with Crippen LogP contribution in [0.25, 0.3) is 0 Å². The number of rotatable bonds is 7. The smallest absolute Gasteiger partial charge is 0.217 e. The number of benzene rings is 1. The second-order valence-corrected chi connectivity index (χ2v) is 6.79. The number of hydrogen-bond donors (Lipinski definition) is 1. The molecule has 0 spiro atoms. The van der Waals surface area contributed by atoms with Crippen LogP contribution < -0.4 is 14.8 Å². The third-order valence-electron chi connectivity index (χ3n) is 3.53. The van der Waals surface area contributed by atoms with Gasteiger partial charge in [0.2, 0.25) is 5.88 Å². The fraction of sp³-hybridized carbons (Fsp3) is 0.450. The highest BCUT2D eigenvalue weighted by molar-refractivity contribution is 5.30. The number of hydrogen-bond acceptors (Lipinski definition) is 4. The van der Waals surface area contributed by atoms with Gasteiger partial charge in [-0.25, -0.2) is 4.98 Å². The molecule has 4 heteroatoms. The lowest BCUT2D eigenvalue weighted by atomic mass is 10.1. The first-order valence-electron chi connectivity index (χ1n) is 8.48. The first-order valence-corrected chi connectivity index (χ1v) is 8.48. The molecule has 130 valence electrons. The van der Waals surface area contributed by atoms with E-state index in [9.17, 15) is 0 Å². The summed E-state index contributed by atoms with van der Waals surface area (Å²) in [6.45, 7) is 11.6. The van der Waals surface area contributed by atoms with Crippen LogP contribution in [-0.4, -0.2) is 17.2 Å². The second-order valence-electron chi connectivity index (χ2n) is 6.79. The monoisotopic (exact) mass is 328 g/mol. The Balaban J connectivity index is 1.96. The van der Waals surface area contributed by atoms with Crippen LogP contribution in [0.4, 0.5) is 0 Å². The van der Waals surface area contributed by atoms with E-state index < -0.39 is 0 Å². The number of ether oxygens (including phenoxy) is 2. The van der Waals surface area contributed by atoms with Gasteiger partial charge in [0.05, 0.1) is 6.61 Å². The zero-order valence-corrected chi connectivity index (χ0v) is 15.3. The van der Waals surface area contributed by atoms with E-state index in [0.717, 1.165) is 11.3 Å². The number of pyridine rings is 1. The largest absolute Gasteiger partial charge is 0.488 e. The molecule has 0 bridgehead atoms. The molecule has 0 aliphatic heterocycles. The van der Waals surface area contributed by atoms with Crippen molar-refractivity contribution >= 4 is 0 Å². The Morgan fingerprint density at radius 1 is 1.12 bits per heavy atom. The normalized spacial score (nSPS) is 12.7. The summed E-state index contributed by atoms with van der Waals surface area (Å²) in [6, 6.07) is 12.4. The maximum atomic E-state index is 5.86. The maximum absolute atomic E-state index is 5.86. The van der Waals surface area contributed by atoms with Crippen molar-refractivity contribution in [3.8, 4) is 11.6 Å². The van der Waals surface area contributed by atoms with E-state index in [2.05, 4.69) is 50.1 Å². The van der Waals surface area contributed by atoms with Gasteiger partial charge >= 0.3 is 0 Å². The van der Waals surface area contributed by atoms with Crippen molar-refractivity contribution < 1.29 is 9.47 Å². The summed E-state index contributed by atoms with van der Waals surface area (Å²) in [5.41, 5.74) is 2.11. The Labute approximate surface area is 145 Å². The molecule has 1 N–H and O–H groups in total. The van der Waals surface area contributed by atoms with E-state index in [1.807, 2.05) is 31.2 Å². The number of aromatic nitrogens is 1. The molecule has 0 saturated carbocycles. The third-order valence-corrected chi connectivity index (χ3v) is 3.53. The molecule has 0 fully saturated rings. The molecule has 4 nitrogen and oxygen atoms in total. The highest BCUT2D eigenvalue weighted by Crippen LogP contribution is 2.22. The lowest BCUT2D eigenvalue weighted by molar-refractivity contribution is 0.131. The standard InChI is InChI=1S/C20H28N2O2/c1-6-23-19-17(8-7-13-21-19)14-22-15(2)16-9-11-18(12-10-16)24-20(3,4)5/h7-13,15,22H,6,14H2,1-5H3/t15-/m1/s1. The quantitative estimate of drug-likeness (QED) is 0.812. The summed E-state index contributed by atoms with van der Waals surface area (Å²) in [4.78, 5) is 4.29. The van der Waals surface area contributed by atoms with Crippen molar-refractivity contribution in [1.82, 2.24) is 10.3 Å². The van der Waals surface area contributed by atoms with Gasteiger partial charge in [-0.1, -0.05) is 18.2 Å².